The summed E-state index contributed by atoms with van der Waals surface area (Å²) in [4.78, 5) is 24.6. The van der Waals surface area contributed by atoms with Crippen molar-refractivity contribution in [2.75, 3.05) is 13.7 Å². The van der Waals surface area contributed by atoms with Gasteiger partial charge in [-0.1, -0.05) is 72.8 Å². The molecule has 0 bridgehead atoms. The molecule has 9 heteroatoms. The smallest absolute Gasteiger partial charge is 0.408 e. The van der Waals surface area contributed by atoms with Gasteiger partial charge >= 0.3 is 12.1 Å². The highest BCUT2D eigenvalue weighted by Gasteiger charge is 2.41. The molecule has 1 heterocycles. The highest BCUT2D eigenvalue weighted by Crippen LogP contribution is 2.27. The minimum absolute atomic E-state index is 0.0853. The third kappa shape index (κ3) is 10.1. The van der Waals surface area contributed by atoms with Crippen LogP contribution in [-0.4, -0.2) is 66.9 Å². The number of carbonyl (C=O) groups excluding carboxylic acids is 2. The summed E-state index contributed by atoms with van der Waals surface area (Å²) in [5.41, 5.74) is 1.83. The zero-order valence-corrected chi connectivity index (χ0v) is 23.7. The zero-order chi connectivity index (χ0) is 29.1. The highest BCUT2D eigenvalue weighted by molar-refractivity contribution is 5.81. The van der Waals surface area contributed by atoms with Crippen molar-refractivity contribution in [1.82, 2.24) is 5.32 Å². The quantitative estimate of drug-likeness (QED) is 0.294. The summed E-state index contributed by atoms with van der Waals surface area (Å²) in [5.74, 6) is -0.629. The Kier molecular flexibility index (Phi) is 11.7. The lowest BCUT2D eigenvalue weighted by molar-refractivity contribution is -0.222. The van der Waals surface area contributed by atoms with Crippen LogP contribution < -0.4 is 5.32 Å². The predicted octanol–water partition coefficient (Wildman–Crippen LogP) is 4.32. The first-order valence-corrected chi connectivity index (χ1v) is 13.4. The maximum atomic E-state index is 12.4. The second-order valence-electron chi connectivity index (χ2n) is 10.8. The van der Waals surface area contributed by atoms with E-state index in [-0.39, 0.29) is 19.4 Å². The lowest BCUT2D eigenvalue weighted by Crippen LogP contribution is -2.55. The average molecular weight is 556 g/mol. The van der Waals surface area contributed by atoms with Gasteiger partial charge in [0.25, 0.3) is 0 Å². The van der Waals surface area contributed by atoms with E-state index in [1.165, 1.54) is 7.11 Å². The molecule has 1 saturated heterocycles. The lowest BCUT2D eigenvalue weighted by atomic mass is 9.92. The molecule has 2 aromatic carbocycles. The van der Waals surface area contributed by atoms with Gasteiger partial charge in [0.1, 0.15) is 30.0 Å². The molecule has 2 aromatic rings. The van der Waals surface area contributed by atoms with E-state index in [2.05, 4.69) is 11.9 Å². The molecule has 218 valence electrons. The Morgan fingerprint density at radius 3 is 2.15 bits per heavy atom. The molecule has 0 aromatic heterocycles. The van der Waals surface area contributed by atoms with E-state index >= 15 is 0 Å². The number of hydrogen-bond acceptors (Lipinski definition) is 8. The van der Waals surface area contributed by atoms with Crippen molar-refractivity contribution in [2.45, 2.75) is 82.9 Å². The first-order chi connectivity index (χ1) is 19.1. The zero-order valence-electron chi connectivity index (χ0n) is 23.7. The molecular formula is C31H41NO8. The topological polar surface area (TPSA) is 113 Å². The summed E-state index contributed by atoms with van der Waals surface area (Å²) < 4.78 is 28.5. The van der Waals surface area contributed by atoms with Gasteiger partial charge in [-0.2, -0.15) is 0 Å². The third-order valence-corrected chi connectivity index (χ3v) is 6.31. The molecule has 9 nitrogen and oxygen atoms in total. The number of hydrogen-bond donors (Lipinski definition) is 2. The van der Waals surface area contributed by atoms with Gasteiger partial charge in [0, 0.05) is 0 Å². The van der Waals surface area contributed by atoms with E-state index in [4.69, 9.17) is 23.7 Å². The number of aliphatic hydroxyl groups excluding tert-OH is 1. The molecule has 3 rings (SSSR count). The van der Waals surface area contributed by atoms with Gasteiger partial charge in [0.05, 0.1) is 33.0 Å². The fraction of sp³-hybridized carbons (Fsp3) is 0.484. The summed E-state index contributed by atoms with van der Waals surface area (Å²) in [6.45, 7) is 10.1. The summed E-state index contributed by atoms with van der Waals surface area (Å²) in [6.07, 6.45) is -3.25. The molecule has 40 heavy (non-hydrogen) atoms. The number of methoxy groups -OCH3 is 1. The van der Waals surface area contributed by atoms with Gasteiger partial charge in [-0.05, 0) is 44.7 Å². The minimum atomic E-state index is -1.02. The van der Waals surface area contributed by atoms with Crippen molar-refractivity contribution in [3.63, 3.8) is 0 Å². The van der Waals surface area contributed by atoms with Crippen LogP contribution in [0.3, 0.4) is 0 Å². The van der Waals surface area contributed by atoms with Crippen molar-refractivity contribution in [3.8, 4) is 0 Å². The number of benzene rings is 2. The second kappa shape index (κ2) is 14.9. The maximum absolute atomic E-state index is 12.4. The van der Waals surface area contributed by atoms with Crippen LogP contribution in [0.5, 0.6) is 0 Å². The number of aliphatic hydroxyl groups is 1. The third-order valence-electron chi connectivity index (χ3n) is 6.31. The standard InChI is InChI=1S/C31H41NO8/c1-21(16-24(29(34)36-5)32-30(35)40-31(2,3)4)17-25-27(33)28(39-19-23-14-10-7-11-15-23)26(20-38-25)37-18-22-12-8-6-9-13-22/h6-15,24-28,33H,1,16-20H2,2-5H3,(H,32,35)/t24-,25+,26+,27-,28+/m0/s1. The van der Waals surface area contributed by atoms with Crippen LogP contribution in [-0.2, 0) is 41.7 Å². The van der Waals surface area contributed by atoms with E-state index in [0.717, 1.165) is 11.1 Å². The summed E-state index contributed by atoms with van der Waals surface area (Å²) in [6, 6.07) is 18.4. The molecule has 0 saturated carbocycles. The Balaban J connectivity index is 1.65. The van der Waals surface area contributed by atoms with E-state index in [1.54, 1.807) is 20.8 Å². The maximum Gasteiger partial charge on any atom is 0.408 e. The summed E-state index contributed by atoms with van der Waals surface area (Å²) >= 11 is 0. The van der Waals surface area contributed by atoms with Crippen molar-refractivity contribution < 1.29 is 38.4 Å². The SMILES string of the molecule is C=C(C[C@H](NC(=O)OC(C)(C)C)C(=O)OC)C[C@H]1OC[C@@H](OCc2ccccc2)[C@@H](OCc2ccccc2)[C@H]1O. The van der Waals surface area contributed by atoms with Crippen LogP contribution >= 0.6 is 0 Å². The highest BCUT2D eigenvalue weighted by atomic mass is 16.6. The van der Waals surface area contributed by atoms with Crippen molar-refractivity contribution in [1.29, 1.82) is 0 Å². The monoisotopic (exact) mass is 555 g/mol. The molecular weight excluding hydrogens is 514 g/mol. The Morgan fingerprint density at radius 1 is 1.02 bits per heavy atom. The fourth-order valence-electron chi connectivity index (χ4n) is 4.36. The Morgan fingerprint density at radius 2 is 1.60 bits per heavy atom. The molecule has 0 spiro atoms. The van der Waals surface area contributed by atoms with Crippen LogP contribution in [0.4, 0.5) is 4.79 Å². The number of esters is 1. The first-order valence-electron chi connectivity index (χ1n) is 13.4. The molecule has 1 fully saturated rings. The normalized spacial score (nSPS) is 21.7. The van der Waals surface area contributed by atoms with Crippen LogP contribution in [0, 0.1) is 0 Å². The molecule has 0 unspecified atom stereocenters. The number of amides is 1. The fourth-order valence-corrected chi connectivity index (χ4v) is 4.36. The number of nitrogens with one attached hydrogen (secondary N) is 1. The largest absolute Gasteiger partial charge is 0.467 e. The van der Waals surface area contributed by atoms with Crippen LogP contribution in [0.15, 0.2) is 72.8 Å². The Bertz CT molecular complexity index is 1090. The van der Waals surface area contributed by atoms with Gasteiger partial charge in [-0.25, -0.2) is 9.59 Å². The van der Waals surface area contributed by atoms with E-state index in [0.29, 0.717) is 18.8 Å². The van der Waals surface area contributed by atoms with Crippen LogP contribution in [0.2, 0.25) is 0 Å². The number of ether oxygens (including phenoxy) is 5. The summed E-state index contributed by atoms with van der Waals surface area (Å²) in [5, 5.41) is 13.9. The van der Waals surface area contributed by atoms with Gasteiger partial charge in [0.15, 0.2) is 0 Å². The Labute approximate surface area is 236 Å². The van der Waals surface area contributed by atoms with E-state index in [1.807, 2.05) is 60.7 Å². The van der Waals surface area contributed by atoms with Crippen molar-refractivity contribution in [2.24, 2.45) is 0 Å². The molecule has 0 radical (unpaired) electrons. The van der Waals surface area contributed by atoms with Gasteiger partial charge in [-0.3, -0.25) is 0 Å². The lowest BCUT2D eigenvalue weighted by Gasteiger charge is -2.40. The first kappa shape index (κ1) is 31.3. The second-order valence-corrected chi connectivity index (χ2v) is 10.8. The minimum Gasteiger partial charge on any atom is -0.467 e. The van der Waals surface area contributed by atoms with E-state index < -0.39 is 48.1 Å². The Hall–Kier alpha value is -3.24. The number of rotatable bonds is 12. The summed E-state index contributed by atoms with van der Waals surface area (Å²) in [7, 11) is 1.24. The molecule has 1 aliphatic heterocycles. The van der Waals surface area contributed by atoms with Gasteiger partial charge < -0.3 is 34.1 Å². The molecule has 1 amide bonds. The van der Waals surface area contributed by atoms with Crippen molar-refractivity contribution >= 4 is 12.1 Å². The molecule has 0 aliphatic carbocycles. The van der Waals surface area contributed by atoms with Gasteiger partial charge in [-0.15, -0.1) is 0 Å². The van der Waals surface area contributed by atoms with E-state index in [9.17, 15) is 14.7 Å². The molecule has 1 aliphatic rings. The van der Waals surface area contributed by atoms with Gasteiger partial charge in [0.2, 0.25) is 0 Å². The number of alkyl carbamates (subject to hydrolysis) is 1. The number of carbonyl (C=O) groups is 2. The van der Waals surface area contributed by atoms with Crippen LogP contribution in [0.1, 0.15) is 44.7 Å². The molecule has 5 atom stereocenters. The molecule has 2 N–H and O–H groups in total. The van der Waals surface area contributed by atoms with Crippen molar-refractivity contribution in [3.05, 3.63) is 83.9 Å². The predicted molar refractivity (Wildman–Crippen MR) is 149 cm³/mol. The average Bonchev–Trinajstić information content (AvgIpc) is 2.92. The van der Waals surface area contributed by atoms with Crippen LogP contribution in [0.25, 0.3) is 0 Å².